The number of hydrogen-bond donors (Lipinski definition) is 1. The van der Waals surface area contributed by atoms with Gasteiger partial charge in [-0.25, -0.2) is 0 Å². The molecule has 0 fully saturated rings. The molecular weight excluding hydrogens is 368 g/mol. The summed E-state index contributed by atoms with van der Waals surface area (Å²) in [5, 5.41) is 10.2. The third-order valence-corrected chi connectivity index (χ3v) is 17.2. The Labute approximate surface area is 172 Å². The van der Waals surface area contributed by atoms with Crippen molar-refractivity contribution in [1.29, 1.82) is 0 Å². The van der Waals surface area contributed by atoms with Crippen LogP contribution in [0.1, 0.15) is 69.2 Å². The lowest BCUT2D eigenvalue weighted by Crippen LogP contribution is -2.52. The molecule has 1 unspecified atom stereocenters. The lowest BCUT2D eigenvalue weighted by molar-refractivity contribution is 0.0517. The van der Waals surface area contributed by atoms with Crippen molar-refractivity contribution in [2.24, 2.45) is 5.92 Å². The molecule has 1 N–H and O–H groups in total. The van der Waals surface area contributed by atoms with E-state index >= 15 is 0 Å². The van der Waals surface area contributed by atoms with Gasteiger partial charge in [-0.2, -0.15) is 0 Å². The fraction of sp³-hybridized carbons (Fsp3) is 0.909. The van der Waals surface area contributed by atoms with Gasteiger partial charge in [-0.15, -0.1) is 0 Å². The Bertz CT molecular complexity index is 429. The summed E-state index contributed by atoms with van der Waals surface area (Å²) in [4.78, 5) is 0. The highest BCUT2D eigenvalue weighted by molar-refractivity contribution is 6.77. The standard InChI is InChI=1S/C22H48O3Si2/c1-13-14-20(15-23)21(25-26(11,12)22(8,9)10)16-24-27(17(2)3,18(4)5)19(6)7/h13-14,17-21,23H,15-16H2,1-12H3/b14-13-/t20-,21?/m0/s1. The fourth-order valence-electron chi connectivity index (χ4n) is 4.08. The Balaban J connectivity index is 5.77. The second kappa shape index (κ2) is 10.7. The number of rotatable bonds is 11. The van der Waals surface area contributed by atoms with Crippen LogP contribution in [0.3, 0.4) is 0 Å². The molecule has 5 heteroatoms. The zero-order chi connectivity index (χ0) is 21.6. The Hall–Kier alpha value is 0.0538. The molecule has 0 spiro atoms. The summed E-state index contributed by atoms with van der Waals surface area (Å²) in [5.74, 6) is -0.0256. The Kier molecular flexibility index (Phi) is 10.7. The zero-order valence-electron chi connectivity index (χ0n) is 20.2. The van der Waals surface area contributed by atoms with Crippen LogP contribution in [0, 0.1) is 5.92 Å². The van der Waals surface area contributed by atoms with Crippen LogP contribution in [-0.2, 0) is 8.85 Å². The van der Waals surface area contributed by atoms with Crippen molar-refractivity contribution in [3.8, 4) is 0 Å². The number of aliphatic hydroxyl groups excluding tert-OH is 1. The minimum absolute atomic E-state index is 0.0256. The SMILES string of the molecule is C/C=C\[C@@H](CO)C(CO[Si](C(C)C)(C(C)C)C(C)C)O[Si](C)(C)C(C)(C)C. The van der Waals surface area contributed by atoms with Crippen molar-refractivity contribution in [2.45, 2.75) is 110 Å². The second-order valence-electron chi connectivity index (χ2n) is 10.4. The third-order valence-electron chi connectivity index (χ3n) is 6.58. The second-order valence-corrected chi connectivity index (χ2v) is 20.6. The van der Waals surface area contributed by atoms with Crippen molar-refractivity contribution >= 4 is 16.6 Å². The number of aliphatic hydroxyl groups is 1. The molecular formula is C22H48O3Si2. The Morgan fingerprint density at radius 1 is 0.926 bits per heavy atom. The van der Waals surface area contributed by atoms with Gasteiger partial charge in [-0.3, -0.25) is 0 Å². The first-order valence-corrected chi connectivity index (χ1v) is 15.8. The van der Waals surface area contributed by atoms with Crippen LogP contribution in [0.5, 0.6) is 0 Å². The van der Waals surface area contributed by atoms with Gasteiger partial charge < -0.3 is 14.0 Å². The van der Waals surface area contributed by atoms with E-state index in [0.29, 0.717) is 23.2 Å². The van der Waals surface area contributed by atoms with Gasteiger partial charge in [0.05, 0.1) is 19.3 Å². The first-order valence-electron chi connectivity index (χ1n) is 10.7. The van der Waals surface area contributed by atoms with E-state index in [9.17, 15) is 5.11 Å². The van der Waals surface area contributed by atoms with Gasteiger partial charge in [-0.05, 0) is 41.7 Å². The van der Waals surface area contributed by atoms with Crippen LogP contribution < -0.4 is 0 Å². The molecule has 3 nitrogen and oxygen atoms in total. The number of allylic oxidation sites excluding steroid dienone is 1. The summed E-state index contributed by atoms with van der Waals surface area (Å²) in [5.41, 5.74) is 1.63. The number of hydrogen-bond acceptors (Lipinski definition) is 3. The van der Waals surface area contributed by atoms with E-state index in [-0.39, 0.29) is 23.7 Å². The van der Waals surface area contributed by atoms with Crippen LogP contribution in [0.2, 0.25) is 34.8 Å². The summed E-state index contributed by atoms with van der Waals surface area (Å²) >= 11 is 0. The monoisotopic (exact) mass is 416 g/mol. The first kappa shape index (κ1) is 27.1. The van der Waals surface area contributed by atoms with Crippen molar-refractivity contribution in [3.63, 3.8) is 0 Å². The molecule has 0 aliphatic carbocycles. The Morgan fingerprint density at radius 3 is 1.67 bits per heavy atom. The van der Waals surface area contributed by atoms with Crippen LogP contribution in [0.4, 0.5) is 0 Å². The topological polar surface area (TPSA) is 38.7 Å². The normalized spacial score (nSPS) is 16.7. The van der Waals surface area contributed by atoms with Gasteiger partial charge in [0.15, 0.2) is 16.6 Å². The largest absolute Gasteiger partial charge is 0.413 e. The molecule has 0 aromatic carbocycles. The summed E-state index contributed by atoms with van der Waals surface area (Å²) < 4.78 is 13.6. The van der Waals surface area contributed by atoms with Crippen LogP contribution in [0.25, 0.3) is 0 Å². The molecule has 0 radical (unpaired) electrons. The van der Waals surface area contributed by atoms with Crippen LogP contribution in [-0.4, -0.2) is 41.1 Å². The third kappa shape index (κ3) is 6.81. The highest BCUT2D eigenvalue weighted by atomic mass is 28.4. The maximum Gasteiger partial charge on any atom is 0.200 e. The predicted molar refractivity (Wildman–Crippen MR) is 124 cm³/mol. The molecule has 0 saturated carbocycles. The molecule has 0 aromatic rings. The summed E-state index contributed by atoms with van der Waals surface area (Å²) in [6, 6.07) is 0. The van der Waals surface area contributed by atoms with Crippen molar-refractivity contribution < 1.29 is 14.0 Å². The quantitative estimate of drug-likeness (QED) is 0.299. The van der Waals surface area contributed by atoms with E-state index in [1.165, 1.54) is 0 Å². The molecule has 0 aliphatic heterocycles. The molecule has 0 heterocycles. The van der Waals surface area contributed by atoms with E-state index in [4.69, 9.17) is 8.85 Å². The van der Waals surface area contributed by atoms with Gasteiger partial charge in [0, 0.05) is 5.92 Å². The molecule has 27 heavy (non-hydrogen) atoms. The summed E-state index contributed by atoms with van der Waals surface area (Å²) in [6.45, 7) is 27.9. The van der Waals surface area contributed by atoms with Crippen LogP contribution >= 0.6 is 0 Å². The summed E-state index contributed by atoms with van der Waals surface area (Å²) in [6.07, 6.45) is 3.99. The fourth-order valence-corrected chi connectivity index (χ4v) is 10.9. The van der Waals surface area contributed by atoms with Crippen molar-refractivity contribution in [1.82, 2.24) is 0 Å². The van der Waals surface area contributed by atoms with E-state index in [1.54, 1.807) is 0 Å². The molecule has 0 aliphatic rings. The van der Waals surface area contributed by atoms with Gasteiger partial charge in [-0.1, -0.05) is 74.5 Å². The minimum atomic E-state index is -1.96. The van der Waals surface area contributed by atoms with Crippen LogP contribution in [0.15, 0.2) is 12.2 Å². The zero-order valence-corrected chi connectivity index (χ0v) is 22.2. The van der Waals surface area contributed by atoms with Gasteiger partial charge in [0.25, 0.3) is 0 Å². The minimum Gasteiger partial charge on any atom is -0.413 e. The molecule has 0 bridgehead atoms. The highest BCUT2D eigenvalue weighted by Gasteiger charge is 2.46. The van der Waals surface area contributed by atoms with E-state index in [2.05, 4.69) is 81.5 Å². The van der Waals surface area contributed by atoms with Gasteiger partial charge in [0.1, 0.15) is 0 Å². The molecule has 2 atom stereocenters. The predicted octanol–water partition coefficient (Wildman–Crippen LogP) is 6.75. The average Bonchev–Trinajstić information content (AvgIpc) is 2.49. The van der Waals surface area contributed by atoms with Crippen molar-refractivity contribution in [2.75, 3.05) is 13.2 Å². The lowest BCUT2D eigenvalue weighted by atomic mass is 10.0. The summed E-state index contributed by atoms with van der Waals surface area (Å²) in [7, 11) is -3.93. The smallest absolute Gasteiger partial charge is 0.200 e. The molecule has 0 saturated heterocycles. The van der Waals surface area contributed by atoms with E-state index in [0.717, 1.165) is 0 Å². The van der Waals surface area contributed by atoms with Crippen molar-refractivity contribution in [3.05, 3.63) is 12.2 Å². The average molecular weight is 417 g/mol. The van der Waals surface area contributed by atoms with Gasteiger partial charge >= 0.3 is 0 Å². The first-order chi connectivity index (χ1) is 12.2. The molecule has 0 amide bonds. The maximum atomic E-state index is 10.0. The highest BCUT2D eigenvalue weighted by Crippen LogP contribution is 2.43. The maximum absolute atomic E-state index is 10.0. The molecule has 0 aromatic heterocycles. The van der Waals surface area contributed by atoms with Gasteiger partial charge in [0.2, 0.25) is 0 Å². The lowest BCUT2D eigenvalue weighted by Gasteiger charge is -2.45. The van der Waals surface area contributed by atoms with E-state index < -0.39 is 16.6 Å². The Morgan fingerprint density at radius 2 is 1.37 bits per heavy atom. The van der Waals surface area contributed by atoms with E-state index in [1.807, 2.05) is 13.0 Å². The molecule has 0 rings (SSSR count). The molecule has 162 valence electrons.